The topological polar surface area (TPSA) is 57.7 Å². The van der Waals surface area contributed by atoms with Crippen LogP contribution in [-0.4, -0.2) is 68.4 Å². The van der Waals surface area contributed by atoms with Gasteiger partial charge in [0.2, 0.25) is 5.91 Å². The van der Waals surface area contributed by atoms with E-state index in [1.54, 1.807) is 0 Å². The number of hydrogen-bond donors (Lipinski definition) is 0. The van der Waals surface area contributed by atoms with Gasteiger partial charge in [0.15, 0.2) is 9.84 Å². The Bertz CT molecular complexity index is 579. The second kappa shape index (κ2) is 7.16. The smallest absolute Gasteiger partial charge is 0.222 e. The third kappa shape index (κ3) is 4.20. The van der Waals surface area contributed by atoms with Gasteiger partial charge >= 0.3 is 0 Å². The van der Waals surface area contributed by atoms with Gasteiger partial charge in [0.1, 0.15) is 0 Å². The van der Waals surface area contributed by atoms with Crippen LogP contribution in [0.25, 0.3) is 0 Å². The first-order valence-corrected chi connectivity index (χ1v) is 11.0. The fourth-order valence-corrected chi connectivity index (χ4v) is 6.46. The highest BCUT2D eigenvalue weighted by molar-refractivity contribution is 7.91. The van der Waals surface area contributed by atoms with Gasteiger partial charge in [-0.2, -0.15) is 0 Å². The fourth-order valence-electron chi connectivity index (χ4n) is 4.55. The van der Waals surface area contributed by atoms with E-state index < -0.39 is 9.84 Å². The van der Waals surface area contributed by atoms with Crippen molar-refractivity contribution in [1.82, 2.24) is 9.80 Å². The summed E-state index contributed by atoms with van der Waals surface area (Å²) >= 11 is 0. The van der Waals surface area contributed by atoms with Gasteiger partial charge in [-0.15, -0.1) is 6.58 Å². The summed E-state index contributed by atoms with van der Waals surface area (Å²) in [4.78, 5) is 16.5. The minimum absolute atomic E-state index is 0.269. The predicted molar refractivity (Wildman–Crippen MR) is 95.5 cm³/mol. The second-order valence-electron chi connectivity index (χ2n) is 7.96. The molecule has 24 heavy (non-hydrogen) atoms. The summed E-state index contributed by atoms with van der Waals surface area (Å²) in [5.41, 5.74) is 0.296. The van der Waals surface area contributed by atoms with E-state index in [-0.39, 0.29) is 5.91 Å². The summed E-state index contributed by atoms with van der Waals surface area (Å²) < 4.78 is 23.1. The molecule has 3 fully saturated rings. The highest BCUT2D eigenvalue weighted by atomic mass is 32.2. The molecule has 3 aliphatic heterocycles. The largest absolute Gasteiger partial charge is 0.338 e. The van der Waals surface area contributed by atoms with Gasteiger partial charge in [-0.25, -0.2) is 8.42 Å². The minimum atomic E-state index is -2.75. The molecular formula is C18H30N2O3S. The normalized spacial score (nSPS) is 29.9. The third-order valence-electron chi connectivity index (χ3n) is 6.19. The van der Waals surface area contributed by atoms with Crippen LogP contribution in [-0.2, 0) is 14.6 Å². The van der Waals surface area contributed by atoms with Crippen LogP contribution in [0.4, 0.5) is 0 Å². The molecule has 1 spiro atoms. The number of hydrogen-bond acceptors (Lipinski definition) is 4. The molecule has 0 aliphatic carbocycles. The van der Waals surface area contributed by atoms with Crippen molar-refractivity contribution >= 4 is 15.7 Å². The van der Waals surface area contributed by atoms with Crippen molar-refractivity contribution in [3.05, 3.63) is 12.7 Å². The van der Waals surface area contributed by atoms with Crippen molar-refractivity contribution in [1.29, 1.82) is 0 Å². The molecule has 5 nitrogen and oxygen atoms in total. The maximum atomic E-state index is 12.0. The van der Waals surface area contributed by atoms with Gasteiger partial charge in [0.05, 0.1) is 11.5 Å². The summed E-state index contributed by atoms with van der Waals surface area (Å²) in [6, 6.07) is 0. The molecule has 1 unspecified atom stereocenters. The van der Waals surface area contributed by atoms with E-state index in [1.807, 2.05) is 11.0 Å². The molecule has 3 saturated heterocycles. The molecule has 3 aliphatic rings. The van der Waals surface area contributed by atoms with Gasteiger partial charge in [-0.1, -0.05) is 6.08 Å². The number of rotatable bonds is 5. The van der Waals surface area contributed by atoms with Gasteiger partial charge in [0.25, 0.3) is 0 Å². The lowest BCUT2D eigenvalue weighted by Gasteiger charge is -2.47. The molecule has 1 atom stereocenters. The Morgan fingerprint density at radius 2 is 2.00 bits per heavy atom. The van der Waals surface area contributed by atoms with Gasteiger partial charge in [-0.05, 0) is 63.1 Å². The van der Waals surface area contributed by atoms with Gasteiger partial charge < -0.3 is 9.80 Å². The highest BCUT2D eigenvalue weighted by Gasteiger charge is 2.40. The van der Waals surface area contributed by atoms with E-state index in [0.29, 0.717) is 35.8 Å². The lowest BCUT2D eigenvalue weighted by molar-refractivity contribution is -0.138. The molecule has 0 N–H and O–H groups in total. The van der Waals surface area contributed by atoms with Crippen molar-refractivity contribution in [2.24, 2.45) is 11.3 Å². The van der Waals surface area contributed by atoms with Crippen LogP contribution in [0, 0.1) is 11.3 Å². The van der Waals surface area contributed by atoms with Crippen LogP contribution < -0.4 is 0 Å². The summed E-state index contributed by atoms with van der Waals surface area (Å²) in [5, 5.41) is 0. The van der Waals surface area contributed by atoms with Crippen LogP contribution in [0.5, 0.6) is 0 Å². The molecule has 0 bridgehead atoms. The third-order valence-corrected chi connectivity index (χ3v) is 8.03. The van der Waals surface area contributed by atoms with Crippen molar-refractivity contribution in [2.75, 3.05) is 44.2 Å². The van der Waals surface area contributed by atoms with Crippen molar-refractivity contribution in [2.45, 2.75) is 38.5 Å². The number of nitrogens with zero attached hydrogens (tertiary/aromatic N) is 2. The summed E-state index contributed by atoms with van der Waals surface area (Å²) in [5.74, 6) is 1.41. The quantitative estimate of drug-likeness (QED) is 0.705. The zero-order valence-electron chi connectivity index (χ0n) is 14.6. The molecule has 3 rings (SSSR count). The standard InChI is InChI=1S/C18H30N2O3S/c1-2-9-20-15-18(6-3-17(20)21)7-11-19(12-8-18)10-4-16-5-13-24(22,23)14-16/h2,16H,1,3-15H2. The first-order valence-electron chi connectivity index (χ1n) is 9.23. The SMILES string of the molecule is C=CCN1CC2(CCC1=O)CCN(CCC1CCS(=O)(=O)C1)CC2. The molecule has 3 heterocycles. The number of carbonyl (C=O) groups is 1. The number of carbonyl (C=O) groups excluding carboxylic acids is 1. The second-order valence-corrected chi connectivity index (χ2v) is 10.2. The Labute approximate surface area is 146 Å². The van der Waals surface area contributed by atoms with Crippen LogP contribution in [0.1, 0.15) is 38.5 Å². The molecule has 136 valence electrons. The van der Waals surface area contributed by atoms with E-state index >= 15 is 0 Å². The molecule has 0 aromatic carbocycles. The average molecular weight is 355 g/mol. The minimum Gasteiger partial charge on any atom is -0.338 e. The first kappa shape index (κ1) is 17.9. The molecular weight excluding hydrogens is 324 g/mol. The number of amides is 1. The maximum absolute atomic E-state index is 12.0. The van der Waals surface area contributed by atoms with E-state index in [4.69, 9.17) is 0 Å². The Hall–Kier alpha value is -0.880. The summed E-state index contributed by atoms with van der Waals surface area (Å²) in [6.45, 7) is 8.49. The number of sulfone groups is 1. The average Bonchev–Trinajstić information content (AvgIpc) is 2.90. The Balaban J connectivity index is 1.45. The zero-order chi connectivity index (χ0) is 17.2. The number of piperidine rings is 2. The molecule has 0 radical (unpaired) electrons. The van der Waals surface area contributed by atoms with E-state index in [0.717, 1.165) is 58.3 Å². The lowest BCUT2D eigenvalue weighted by Crippen LogP contribution is -2.51. The zero-order valence-corrected chi connectivity index (χ0v) is 15.4. The van der Waals surface area contributed by atoms with Crippen molar-refractivity contribution in [3.8, 4) is 0 Å². The molecule has 6 heteroatoms. The van der Waals surface area contributed by atoms with Crippen molar-refractivity contribution in [3.63, 3.8) is 0 Å². The lowest BCUT2D eigenvalue weighted by atomic mass is 9.72. The van der Waals surface area contributed by atoms with Gasteiger partial charge in [-0.3, -0.25) is 4.79 Å². The molecule has 0 saturated carbocycles. The van der Waals surface area contributed by atoms with E-state index in [1.165, 1.54) is 0 Å². The fraction of sp³-hybridized carbons (Fsp3) is 0.833. The Morgan fingerprint density at radius 1 is 1.25 bits per heavy atom. The first-order chi connectivity index (χ1) is 11.4. The maximum Gasteiger partial charge on any atom is 0.222 e. The predicted octanol–water partition coefficient (Wildman–Crippen LogP) is 1.70. The van der Waals surface area contributed by atoms with Crippen molar-refractivity contribution < 1.29 is 13.2 Å². The summed E-state index contributed by atoms with van der Waals surface area (Å²) in [7, 11) is -2.75. The van der Waals surface area contributed by atoms with E-state index in [2.05, 4.69) is 11.5 Å². The molecule has 0 aromatic heterocycles. The van der Waals surface area contributed by atoms with Crippen LogP contribution in [0.3, 0.4) is 0 Å². The molecule has 0 aromatic rings. The van der Waals surface area contributed by atoms with Crippen LogP contribution >= 0.6 is 0 Å². The summed E-state index contributed by atoms with van der Waals surface area (Å²) in [6.07, 6.45) is 7.67. The van der Waals surface area contributed by atoms with Gasteiger partial charge in [0, 0.05) is 19.5 Å². The van der Waals surface area contributed by atoms with Crippen LogP contribution in [0.2, 0.25) is 0 Å². The highest BCUT2D eigenvalue weighted by Crippen LogP contribution is 2.40. The molecule has 1 amide bonds. The Kier molecular flexibility index (Phi) is 5.35. The number of likely N-dealkylation sites (tertiary alicyclic amines) is 2. The Morgan fingerprint density at radius 3 is 2.62 bits per heavy atom. The van der Waals surface area contributed by atoms with E-state index in [9.17, 15) is 13.2 Å². The van der Waals surface area contributed by atoms with Crippen LogP contribution in [0.15, 0.2) is 12.7 Å². The monoisotopic (exact) mass is 354 g/mol.